The summed E-state index contributed by atoms with van der Waals surface area (Å²) in [5.41, 5.74) is 6.74. The zero-order chi connectivity index (χ0) is 14.0. The maximum absolute atomic E-state index is 13.2. The van der Waals surface area contributed by atoms with E-state index in [4.69, 9.17) is 15.9 Å². The van der Waals surface area contributed by atoms with Crippen molar-refractivity contribution in [1.82, 2.24) is 0 Å². The first-order chi connectivity index (χ1) is 8.97. The molecule has 3 N–H and O–H groups in total. The Morgan fingerprint density at radius 3 is 2.53 bits per heavy atom. The summed E-state index contributed by atoms with van der Waals surface area (Å²) in [5.74, 6) is 0.233. The lowest BCUT2D eigenvalue weighted by molar-refractivity contribution is 0.476. The number of rotatable bonds is 3. The van der Waals surface area contributed by atoms with Crippen LogP contribution in [0.1, 0.15) is 11.1 Å². The Morgan fingerprint density at radius 1 is 1.21 bits per heavy atom. The first-order valence-electron chi connectivity index (χ1n) is 5.55. The molecule has 0 saturated heterocycles. The van der Waals surface area contributed by atoms with E-state index in [-0.39, 0.29) is 11.4 Å². The number of hydrogen-bond acceptors (Lipinski definition) is 2. The summed E-state index contributed by atoms with van der Waals surface area (Å²) in [5, 5.41) is 7.45. The molecule has 0 unspecified atom stereocenters. The summed E-state index contributed by atoms with van der Waals surface area (Å²) < 4.78 is 19.6. The third kappa shape index (κ3) is 3.12. The standard InChI is InChI=1S/C14H12BrFN2O/c1-8-2-4-13(11(15)6-8)19-12-5-3-9(16)7-10(12)14(17)18/h2-7H,1H3,(H3,17,18). The minimum absolute atomic E-state index is 0.229. The predicted molar refractivity (Wildman–Crippen MR) is 76.4 cm³/mol. The normalized spacial score (nSPS) is 10.3. The van der Waals surface area contributed by atoms with Gasteiger partial charge in [0.25, 0.3) is 0 Å². The summed E-state index contributed by atoms with van der Waals surface area (Å²) in [6, 6.07) is 9.51. The number of benzene rings is 2. The van der Waals surface area contributed by atoms with Crippen LogP contribution in [0.2, 0.25) is 0 Å². The van der Waals surface area contributed by atoms with E-state index in [0.717, 1.165) is 10.0 Å². The smallest absolute Gasteiger partial charge is 0.141 e. The van der Waals surface area contributed by atoms with Crippen molar-refractivity contribution in [3.63, 3.8) is 0 Å². The van der Waals surface area contributed by atoms with Gasteiger partial charge in [-0.15, -0.1) is 0 Å². The maximum Gasteiger partial charge on any atom is 0.141 e. The molecule has 0 aliphatic heterocycles. The first-order valence-corrected chi connectivity index (χ1v) is 6.34. The summed E-state index contributed by atoms with van der Waals surface area (Å²) in [7, 11) is 0. The first kappa shape index (κ1) is 13.5. The lowest BCUT2D eigenvalue weighted by atomic mass is 10.1. The van der Waals surface area contributed by atoms with Crippen molar-refractivity contribution in [2.24, 2.45) is 5.73 Å². The topological polar surface area (TPSA) is 59.1 Å². The Kier molecular flexibility index (Phi) is 3.85. The van der Waals surface area contributed by atoms with E-state index >= 15 is 0 Å². The van der Waals surface area contributed by atoms with Crippen molar-refractivity contribution in [2.75, 3.05) is 0 Å². The van der Waals surface area contributed by atoms with Crippen molar-refractivity contribution in [3.8, 4) is 11.5 Å². The number of nitrogens with one attached hydrogen (secondary N) is 1. The molecule has 19 heavy (non-hydrogen) atoms. The molecule has 0 aliphatic carbocycles. The SMILES string of the molecule is Cc1ccc(Oc2ccc(F)cc2C(=N)N)c(Br)c1. The molecule has 5 heteroatoms. The van der Waals surface area contributed by atoms with Gasteiger partial charge in [0.1, 0.15) is 23.2 Å². The average molecular weight is 323 g/mol. The Balaban J connectivity index is 2.40. The number of amidine groups is 1. The molecule has 2 aromatic carbocycles. The van der Waals surface area contributed by atoms with Crippen LogP contribution in [0.25, 0.3) is 0 Å². The average Bonchev–Trinajstić information content (AvgIpc) is 2.34. The molecular formula is C14H12BrFN2O. The Labute approximate surface area is 118 Å². The van der Waals surface area contributed by atoms with Crippen LogP contribution >= 0.6 is 15.9 Å². The molecule has 2 rings (SSSR count). The Bertz CT molecular complexity index is 643. The number of aryl methyl sites for hydroxylation is 1. The number of halogens is 2. The van der Waals surface area contributed by atoms with E-state index in [2.05, 4.69) is 15.9 Å². The molecular weight excluding hydrogens is 311 g/mol. The van der Waals surface area contributed by atoms with Gasteiger partial charge in [0, 0.05) is 0 Å². The molecule has 3 nitrogen and oxygen atoms in total. The van der Waals surface area contributed by atoms with Crippen LogP contribution in [-0.2, 0) is 0 Å². The molecule has 0 heterocycles. The van der Waals surface area contributed by atoms with Crippen LogP contribution in [0.15, 0.2) is 40.9 Å². The van der Waals surface area contributed by atoms with Gasteiger partial charge in [0.05, 0.1) is 10.0 Å². The quantitative estimate of drug-likeness (QED) is 0.663. The zero-order valence-electron chi connectivity index (χ0n) is 10.2. The monoisotopic (exact) mass is 322 g/mol. The highest BCUT2D eigenvalue weighted by Gasteiger charge is 2.11. The van der Waals surface area contributed by atoms with Crippen LogP contribution in [-0.4, -0.2) is 5.84 Å². The molecule has 0 fully saturated rings. The molecule has 0 amide bonds. The molecule has 98 valence electrons. The molecule has 0 radical (unpaired) electrons. The summed E-state index contributed by atoms with van der Waals surface area (Å²) in [6.07, 6.45) is 0. The van der Waals surface area contributed by atoms with E-state index < -0.39 is 5.82 Å². The van der Waals surface area contributed by atoms with Gasteiger partial charge in [-0.3, -0.25) is 5.41 Å². The minimum atomic E-state index is -0.458. The molecule has 0 aromatic heterocycles. The van der Waals surface area contributed by atoms with E-state index in [1.54, 1.807) is 6.07 Å². The van der Waals surface area contributed by atoms with Crippen molar-refractivity contribution in [1.29, 1.82) is 5.41 Å². The van der Waals surface area contributed by atoms with Gasteiger partial charge in [0.15, 0.2) is 0 Å². The second-order valence-electron chi connectivity index (χ2n) is 4.09. The second-order valence-corrected chi connectivity index (χ2v) is 4.94. The predicted octanol–water partition coefficient (Wildman–Crippen LogP) is 3.97. The van der Waals surface area contributed by atoms with E-state index in [1.807, 2.05) is 19.1 Å². The number of nitrogens with two attached hydrogens (primary N) is 1. The third-order valence-electron chi connectivity index (χ3n) is 2.54. The van der Waals surface area contributed by atoms with Crippen molar-refractivity contribution in [2.45, 2.75) is 6.92 Å². The Hall–Kier alpha value is -1.88. The minimum Gasteiger partial charge on any atom is -0.455 e. The van der Waals surface area contributed by atoms with Gasteiger partial charge in [-0.2, -0.15) is 0 Å². The van der Waals surface area contributed by atoms with E-state index in [0.29, 0.717) is 11.5 Å². The van der Waals surface area contributed by atoms with Gasteiger partial charge < -0.3 is 10.5 Å². The van der Waals surface area contributed by atoms with Gasteiger partial charge in [-0.1, -0.05) is 6.07 Å². The van der Waals surface area contributed by atoms with Gasteiger partial charge >= 0.3 is 0 Å². The highest BCUT2D eigenvalue weighted by Crippen LogP contribution is 2.32. The molecule has 0 spiro atoms. The Morgan fingerprint density at radius 2 is 1.89 bits per heavy atom. The largest absolute Gasteiger partial charge is 0.455 e. The molecule has 2 aromatic rings. The van der Waals surface area contributed by atoms with E-state index in [9.17, 15) is 4.39 Å². The highest BCUT2D eigenvalue weighted by atomic mass is 79.9. The lowest BCUT2D eigenvalue weighted by Gasteiger charge is -2.12. The van der Waals surface area contributed by atoms with Gasteiger partial charge in [-0.25, -0.2) is 4.39 Å². The molecule has 0 saturated carbocycles. The van der Waals surface area contributed by atoms with Crippen molar-refractivity contribution < 1.29 is 9.13 Å². The lowest BCUT2D eigenvalue weighted by Crippen LogP contribution is -2.12. The van der Waals surface area contributed by atoms with Crippen LogP contribution < -0.4 is 10.5 Å². The van der Waals surface area contributed by atoms with Crippen molar-refractivity contribution in [3.05, 3.63) is 57.8 Å². The highest BCUT2D eigenvalue weighted by molar-refractivity contribution is 9.10. The zero-order valence-corrected chi connectivity index (χ0v) is 11.8. The fourth-order valence-corrected chi connectivity index (χ4v) is 2.18. The van der Waals surface area contributed by atoms with Crippen LogP contribution in [0.5, 0.6) is 11.5 Å². The fourth-order valence-electron chi connectivity index (χ4n) is 1.61. The fraction of sp³-hybridized carbons (Fsp3) is 0.0714. The summed E-state index contributed by atoms with van der Waals surface area (Å²) >= 11 is 3.40. The van der Waals surface area contributed by atoms with Gasteiger partial charge in [-0.05, 0) is 58.7 Å². The maximum atomic E-state index is 13.2. The number of ether oxygens (including phenoxy) is 1. The van der Waals surface area contributed by atoms with Crippen LogP contribution in [0.4, 0.5) is 4.39 Å². The number of nitrogen functional groups attached to an aromatic ring is 1. The van der Waals surface area contributed by atoms with E-state index in [1.165, 1.54) is 18.2 Å². The molecule has 0 atom stereocenters. The van der Waals surface area contributed by atoms with Gasteiger partial charge in [0.2, 0.25) is 0 Å². The number of hydrogen-bond donors (Lipinski definition) is 2. The summed E-state index contributed by atoms with van der Waals surface area (Å²) in [6.45, 7) is 1.97. The molecule has 0 aliphatic rings. The third-order valence-corrected chi connectivity index (χ3v) is 3.16. The second kappa shape index (κ2) is 5.40. The molecule has 0 bridgehead atoms. The summed E-state index contributed by atoms with van der Waals surface area (Å²) in [4.78, 5) is 0. The van der Waals surface area contributed by atoms with Crippen molar-refractivity contribution >= 4 is 21.8 Å². The van der Waals surface area contributed by atoms with Crippen LogP contribution in [0.3, 0.4) is 0 Å². The van der Waals surface area contributed by atoms with Crippen LogP contribution in [0, 0.1) is 18.2 Å².